The van der Waals surface area contributed by atoms with Crippen LogP contribution in [-0.2, 0) is 0 Å². The van der Waals surface area contributed by atoms with Gasteiger partial charge in [0.2, 0.25) is 0 Å². The largest absolute Gasteiger partial charge is 0.324 e. The Morgan fingerprint density at radius 3 is 1.36 bits per heavy atom. The molecule has 0 aliphatic carbocycles. The fraction of sp³-hybridized carbons (Fsp3) is 1.00. The summed E-state index contributed by atoms with van der Waals surface area (Å²) in [4.78, 5) is 0. The lowest BCUT2D eigenvalue weighted by Gasteiger charge is -2.42. The topological polar surface area (TPSA) is 52.0 Å². The van der Waals surface area contributed by atoms with Gasteiger partial charge in [-0.15, -0.1) is 0 Å². The maximum absolute atomic E-state index is 6.16. The zero-order valence-electron chi connectivity index (χ0n) is 8.28. The van der Waals surface area contributed by atoms with Crippen LogP contribution in [0, 0.1) is 0 Å². The van der Waals surface area contributed by atoms with Crippen LogP contribution >= 0.6 is 0 Å². The van der Waals surface area contributed by atoms with Gasteiger partial charge >= 0.3 is 0 Å². The summed E-state index contributed by atoms with van der Waals surface area (Å²) < 4.78 is 0. The summed E-state index contributed by atoms with van der Waals surface area (Å²) in [6.07, 6.45) is 2.83. The molecule has 1 unspecified atom stereocenters. The van der Waals surface area contributed by atoms with Crippen molar-refractivity contribution in [1.29, 1.82) is 0 Å². The zero-order chi connectivity index (χ0) is 9.12. The molecule has 0 fully saturated rings. The minimum Gasteiger partial charge on any atom is -0.324 e. The van der Waals surface area contributed by atoms with E-state index >= 15 is 0 Å². The van der Waals surface area contributed by atoms with E-state index in [1.54, 1.807) is 0 Å². The third-order valence-corrected chi connectivity index (χ3v) is 3.13. The van der Waals surface area contributed by atoms with E-state index in [1.165, 1.54) is 0 Å². The van der Waals surface area contributed by atoms with Gasteiger partial charge in [-0.1, -0.05) is 20.8 Å². The Hall–Kier alpha value is -0.0800. The summed E-state index contributed by atoms with van der Waals surface area (Å²) in [5.74, 6) is 0. The molecule has 4 N–H and O–H groups in total. The van der Waals surface area contributed by atoms with E-state index in [0.717, 1.165) is 19.3 Å². The van der Waals surface area contributed by atoms with Gasteiger partial charge in [-0.3, -0.25) is 0 Å². The summed E-state index contributed by atoms with van der Waals surface area (Å²) in [5, 5.41) is 0. The molecule has 2 nitrogen and oxygen atoms in total. The first-order chi connectivity index (χ1) is 4.93. The second-order valence-electron chi connectivity index (χ2n) is 3.63. The van der Waals surface area contributed by atoms with Gasteiger partial charge in [-0.05, 0) is 26.2 Å². The highest BCUT2D eigenvalue weighted by Crippen LogP contribution is 2.26. The maximum atomic E-state index is 6.16. The molecule has 0 rings (SSSR count). The molecule has 0 spiro atoms. The quantitative estimate of drug-likeness (QED) is 0.653. The lowest BCUT2D eigenvalue weighted by atomic mass is 9.74. The third kappa shape index (κ3) is 1.94. The second kappa shape index (κ2) is 3.55. The van der Waals surface area contributed by atoms with Gasteiger partial charge in [0, 0.05) is 11.1 Å². The third-order valence-electron chi connectivity index (χ3n) is 3.13. The molecule has 0 amide bonds. The lowest BCUT2D eigenvalue weighted by molar-refractivity contribution is 0.215. The number of rotatable bonds is 4. The highest BCUT2D eigenvalue weighted by molar-refractivity contribution is 5.01. The molecule has 0 saturated carbocycles. The molecule has 11 heavy (non-hydrogen) atoms. The summed E-state index contributed by atoms with van der Waals surface area (Å²) >= 11 is 0. The summed E-state index contributed by atoms with van der Waals surface area (Å²) in [7, 11) is 0. The van der Waals surface area contributed by atoms with Crippen LogP contribution in [0.5, 0.6) is 0 Å². The van der Waals surface area contributed by atoms with Gasteiger partial charge in [-0.25, -0.2) is 0 Å². The van der Waals surface area contributed by atoms with Crippen molar-refractivity contribution < 1.29 is 0 Å². The van der Waals surface area contributed by atoms with Crippen molar-refractivity contribution in [1.82, 2.24) is 0 Å². The molecule has 0 radical (unpaired) electrons. The highest BCUT2D eigenvalue weighted by atomic mass is 14.9. The molecule has 0 aliphatic rings. The number of nitrogens with two attached hydrogens (primary N) is 2. The van der Waals surface area contributed by atoms with Gasteiger partial charge in [0.05, 0.1) is 0 Å². The Labute approximate surface area is 70.3 Å². The average molecular weight is 158 g/mol. The van der Waals surface area contributed by atoms with Gasteiger partial charge < -0.3 is 11.5 Å². The Morgan fingerprint density at radius 1 is 0.909 bits per heavy atom. The molecule has 0 heterocycles. The zero-order valence-corrected chi connectivity index (χ0v) is 8.28. The predicted molar refractivity (Wildman–Crippen MR) is 50.4 cm³/mol. The van der Waals surface area contributed by atoms with E-state index in [1.807, 2.05) is 6.92 Å². The Kier molecular flexibility index (Phi) is 3.52. The molecular weight excluding hydrogens is 136 g/mol. The molecule has 0 aromatic heterocycles. The molecule has 0 aliphatic heterocycles. The van der Waals surface area contributed by atoms with Crippen LogP contribution in [0.2, 0.25) is 0 Å². The molecule has 1 atom stereocenters. The summed E-state index contributed by atoms with van der Waals surface area (Å²) in [5.41, 5.74) is 11.8. The van der Waals surface area contributed by atoms with Gasteiger partial charge in [0.15, 0.2) is 0 Å². The molecule has 2 heteroatoms. The van der Waals surface area contributed by atoms with Crippen LogP contribution in [0.25, 0.3) is 0 Å². The van der Waals surface area contributed by atoms with Crippen molar-refractivity contribution in [3.8, 4) is 0 Å². The fourth-order valence-corrected chi connectivity index (χ4v) is 1.41. The minimum absolute atomic E-state index is 0.193. The van der Waals surface area contributed by atoms with Gasteiger partial charge in [0.25, 0.3) is 0 Å². The summed E-state index contributed by atoms with van der Waals surface area (Å²) in [6.45, 7) is 8.33. The second-order valence-corrected chi connectivity index (χ2v) is 3.63. The van der Waals surface area contributed by atoms with E-state index in [9.17, 15) is 0 Å². The van der Waals surface area contributed by atoms with E-state index in [0.29, 0.717) is 0 Å². The van der Waals surface area contributed by atoms with Crippen molar-refractivity contribution in [2.24, 2.45) is 11.5 Å². The first-order valence-electron chi connectivity index (χ1n) is 4.51. The molecule has 0 bridgehead atoms. The van der Waals surface area contributed by atoms with E-state index in [2.05, 4.69) is 20.8 Å². The normalized spacial score (nSPS) is 18.0. The first kappa shape index (κ1) is 10.9. The van der Waals surface area contributed by atoms with Crippen LogP contribution in [0.3, 0.4) is 0 Å². The predicted octanol–water partition coefficient (Wildman–Crippen LogP) is 1.63. The fourth-order valence-electron chi connectivity index (χ4n) is 1.41. The number of hydrogen-bond donors (Lipinski definition) is 2. The number of hydrogen-bond acceptors (Lipinski definition) is 2. The van der Waals surface area contributed by atoms with E-state index in [4.69, 9.17) is 11.5 Å². The molecule has 0 aromatic rings. The average Bonchev–Trinajstić information content (AvgIpc) is 2.02. The van der Waals surface area contributed by atoms with Crippen molar-refractivity contribution in [3.63, 3.8) is 0 Å². The molecule has 0 saturated heterocycles. The van der Waals surface area contributed by atoms with Crippen LogP contribution in [0.4, 0.5) is 0 Å². The van der Waals surface area contributed by atoms with E-state index < -0.39 is 0 Å². The van der Waals surface area contributed by atoms with Crippen LogP contribution < -0.4 is 11.5 Å². The van der Waals surface area contributed by atoms with Crippen molar-refractivity contribution >= 4 is 0 Å². The lowest BCUT2D eigenvalue weighted by Crippen LogP contribution is -2.63. The minimum atomic E-state index is -0.226. The van der Waals surface area contributed by atoms with Crippen LogP contribution in [0.15, 0.2) is 0 Å². The molecular formula is C9H22N2. The van der Waals surface area contributed by atoms with E-state index in [-0.39, 0.29) is 11.1 Å². The highest BCUT2D eigenvalue weighted by Gasteiger charge is 2.37. The van der Waals surface area contributed by atoms with Crippen LogP contribution in [-0.4, -0.2) is 11.1 Å². The van der Waals surface area contributed by atoms with Crippen LogP contribution in [0.1, 0.15) is 47.0 Å². The molecule has 68 valence electrons. The molecule has 0 aromatic carbocycles. The van der Waals surface area contributed by atoms with Crippen molar-refractivity contribution in [2.75, 3.05) is 0 Å². The standard InChI is InChI=1S/C9H22N2/c1-5-8(4,10)9(11,6-2)7-3/h5-7,10-11H2,1-4H3. The monoisotopic (exact) mass is 158 g/mol. The smallest absolute Gasteiger partial charge is 0.0328 e. The maximum Gasteiger partial charge on any atom is 0.0328 e. The van der Waals surface area contributed by atoms with Gasteiger partial charge in [-0.2, -0.15) is 0 Å². The first-order valence-corrected chi connectivity index (χ1v) is 4.51. The SMILES string of the molecule is CCC(C)(N)C(N)(CC)CC. The Balaban J connectivity index is 4.47. The Morgan fingerprint density at radius 2 is 1.27 bits per heavy atom. The van der Waals surface area contributed by atoms with Gasteiger partial charge in [0.1, 0.15) is 0 Å². The summed E-state index contributed by atoms with van der Waals surface area (Å²) in [6, 6.07) is 0. The van der Waals surface area contributed by atoms with Crippen molar-refractivity contribution in [3.05, 3.63) is 0 Å². The Bertz CT molecular complexity index is 115. The van der Waals surface area contributed by atoms with Crippen molar-refractivity contribution in [2.45, 2.75) is 58.0 Å².